The molecule has 35 heavy (non-hydrogen) atoms. The molecular weight excluding hydrogens is 500 g/mol. The number of amides is 1. The lowest BCUT2D eigenvalue weighted by Gasteiger charge is -2.22. The first-order valence-corrected chi connectivity index (χ1v) is 13.2. The largest absolute Gasteiger partial charge is 0.360 e. The van der Waals surface area contributed by atoms with Crippen LogP contribution in [0.4, 0.5) is 5.00 Å². The average Bonchev–Trinajstić information content (AvgIpc) is 3.53. The molecule has 0 fully saturated rings. The molecule has 1 N–H and O–H groups in total. The first kappa shape index (κ1) is 22.4. The van der Waals surface area contributed by atoms with Crippen molar-refractivity contribution in [2.75, 3.05) is 18.9 Å². The van der Waals surface area contributed by atoms with Crippen LogP contribution >= 0.6 is 34.3 Å². The molecule has 3 aromatic heterocycles. The number of thiophene rings is 1. The number of carbonyl (C=O) groups excluding carboxylic acids is 1. The van der Waals surface area contributed by atoms with Gasteiger partial charge in [-0.15, -0.1) is 22.7 Å². The van der Waals surface area contributed by atoms with Gasteiger partial charge in [0.1, 0.15) is 27.0 Å². The van der Waals surface area contributed by atoms with Crippen LogP contribution in [-0.4, -0.2) is 34.5 Å². The number of fused-ring (bicyclic) bond motifs is 2. The van der Waals surface area contributed by atoms with Crippen molar-refractivity contribution in [3.05, 3.63) is 75.3 Å². The van der Waals surface area contributed by atoms with Gasteiger partial charge in [-0.25, -0.2) is 4.98 Å². The van der Waals surface area contributed by atoms with Gasteiger partial charge in [-0.1, -0.05) is 47.1 Å². The third-order valence-electron chi connectivity index (χ3n) is 6.20. The van der Waals surface area contributed by atoms with Crippen molar-refractivity contribution in [3.63, 3.8) is 0 Å². The average molecular weight is 521 g/mol. The van der Waals surface area contributed by atoms with Crippen LogP contribution in [0, 0.1) is 6.92 Å². The number of para-hydroxylation sites is 1. The van der Waals surface area contributed by atoms with E-state index in [1.54, 1.807) is 35.7 Å². The normalized spacial score (nSPS) is 13.8. The SMILES string of the molecule is Cc1onc(-c2ccccc2Cl)c1C(=O)Nc1sc2c(c1-c1nc3ccccc3s1)CCN(C)C2. The number of benzene rings is 2. The number of likely N-dealkylation sites (N-methyl/N-ethyl adjacent to an activating group) is 1. The Morgan fingerprint density at radius 1 is 1.14 bits per heavy atom. The fourth-order valence-electron chi connectivity index (χ4n) is 4.47. The Labute approximate surface area is 215 Å². The summed E-state index contributed by atoms with van der Waals surface area (Å²) >= 11 is 9.69. The molecule has 2 aromatic carbocycles. The molecule has 0 atom stereocenters. The van der Waals surface area contributed by atoms with E-state index in [1.165, 1.54) is 10.4 Å². The van der Waals surface area contributed by atoms with Crippen LogP contribution in [0.15, 0.2) is 53.1 Å². The summed E-state index contributed by atoms with van der Waals surface area (Å²) in [5.41, 5.74) is 4.75. The molecule has 0 unspecified atom stereocenters. The van der Waals surface area contributed by atoms with E-state index in [-0.39, 0.29) is 5.91 Å². The third-order valence-corrected chi connectivity index (χ3v) is 8.72. The highest BCUT2D eigenvalue weighted by Gasteiger charge is 2.29. The Morgan fingerprint density at radius 2 is 1.94 bits per heavy atom. The maximum atomic E-state index is 13.7. The number of anilines is 1. The molecule has 0 bridgehead atoms. The number of thiazole rings is 1. The molecule has 0 radical (unpaired) electrons. The molecule has 6 rings (SSSR count). The second-order valence-corrected chi connectivity index (χ2v) is 11.1. The highest BCUT2D eigenvalue weighted by molar-refractivity contribution is 7.23. The summed E-state index contributed by atoms with van der Waals surface area (Å²) in [7, 11) is 2.12. The number of nitrogens with one attached hydrogen (secondary N) is 1. The van der Waals surface area contributed by atoms with Gasteiger partial charge in [0.25, 0.3) is 5.91 Å². The molecule has 0 spiro atoms. The van der Waals surface area contributed by atoms with Crippen LogP contribution in [0.3, 0.4) is 0 Å². The van der Waals surface area contributed by atoms with Gasteiger partial charge < -0.3 is 14.7 Å². The quantitative estimate of drug-likeness (QED) is 0.279. The maximum Gasteiger partial charge on any atom is 0.262 e. The third kappa shape index (κ3) is 3.96. The number of aryl methyl sites for hydroxylation is 1. The fraction of sp³-hybridized carbons (Fsp3) is 0.192. The fourth-order valence-corrected chi connectivity index (χ4v) is 7.13. The zero-order valence-corrected chi connectivity index (χ0v) is 21.5. The maximum absolute atomic E-state index is 13.7. The summed E-state index contributed by atoms with van der Waals surface area (Å²) in [5, 5.41) is 9.59. The Kier molecular flexibility index (Phi) is 5.69. The van der Waals surface area contributed by atoms with Gasteiger partial charge in [0.15, 0.2) is 0 Å². The second kappa shape index (κ2) is 8.87. The molecule has 4 heterocycles. The van der Waals surface area contributed by atoms with Crippen molar-refractivity contribution in [1.29, 1.82) is 0 Å². The molecule has 6 nitrogen and oxygen atoms in total. The lowest BCUT2D eigenvalue weighted by molar-refractivity contribution is 0.102. The van der Waals surface area contributed by atoms with Crippen molar-refractivity contribution in [1.82, 2.24) is 15.0 Å². The number of halogens is 1. The summed E-state index contributed by atoms with van der Waals surface area (Å²) in [5.74, 6) is 0.174. The number of rotatable bonds is 4. The molecule has 176 valence electrons. The van der Waals surface area contributed by atoms with E-state index in [0.717, 1.165) is 45.3 Å². The topological polar surface area (TPSA) is 71.3 Å². The van der Waals surface area contributed by atoms with Gasteiger partial charge in [0.2, 0.25) is 0 Å². The van der Waals surface area contributed by atoms with Gasteiger partial charge >= 0.3 is 0 Å². The first-order valence-electron chi connectivity index (χ1n) is 11.2. The smallest absolute Gasteiger partial charge is 0.262 e. The summed E-state index contributed by atoms with van der Waals surface area (Å²) in [4.78, 5) is 22.1. The predicted octanol–water partition coefficient (Wildman–Crippen LogP) is 6.88. The number of nitrogens with zero attached hydrogens (tertiary/aromatic N) is 3. The second-order valence-electron chi connectivity index (χ2n) is 8.58. The van der Waals surface area contributed by atoms with Crippen LogP contribution in [0.1, 0.15) is 26.6 Å². The number of aromatic nitrogens is 2. The van der Waals surface area contributed by atoms with Gasteiger partial charge in [0.05, 0.1) is 15.2 Å². The zero-order chi connectivity index (χ0) is 24.1. The van der Waals surface area contributed by atoms with E-state index < -0.39 is 0 Å². The Balaban J connectivity index is 1.44. The molecule has 1 amide bonds. The molecule has 1 aliphatic rings. The number of hydrogen-bond donors (Lipinski definition) is 1. The summed E-state index contributed by atoms with van der Waals surface area (Å²) in [6.45, 7) is 3.56. The molecule has 1 aliphatic heterocycles. The van der Waals surface area contributed by atoms with Crippen LogP contribution in [0.2, 0.25) is 5.02 Å². The van der Waals surface area contributed by atoms with Crippen molar-refractivity contribution in [2.45, 2.75) is 19.9 Å². The summed E-state index contributed by atoms with van der Waals surface area (Å²) < 4.78 is 6.56. The van der Waals surface area contributed by atoms with E-state index in [2.05, 4.69) is 28.5 Å². The molecule has 0 saturated carbocycles. The molecule has 5 aromatic rings. The van der Waals surface area contributed by atoms with Crippen molar-refractivity contribution < 1.29 is 9.32 Å². The van der Waals surface area contributed by atoms with Crippen LogP contribution < -0.4 is 5.32 Å². The lowest BCUT2D eigenvalue weighted by Crippen LogP contribution is -2.25. The minimum Gasteiger partial charge on any atom is -0.360 e. The van der Waals surface area contributed by atoms with E-state index in [1.807, 2.05) is 36.4 Å². The van der Waals surface area contributed by atoms with Crippen molar-refractivity contribution in [2.24, 2.45) is 0 Å². The minimum absolute atomic E-state index is 0.270. The van der Waals surface area contributed by atoms with E-state index in [0.29, 0.717) is 27.6 Å². The molecule has 0 aliphatic carbocycles. The monoisotopic (exact) mass is 520 g/mol. The molecule has 0 saturated heterocycles. The van der Waals surface area contributed by atoms with Gasteiger partial charge in [-0.05, 0) is 44.2 Å². The Morgan fingerprint density at radius 3 is 2.77 bits per heavy atom. The first-order chi connectivity index (χ1) is 17.0. The highest BCUT2D eigenvalue weighted by Crippen LogP contribution is 2.46. The van der Waals surface area contributed by atoms with Crippen LogP contribution in [0.5, 0.6) is 0 Å². The standard InChI is InChI=1S/C26H21ClN4O2S2/c1-14-21(23(30-33-14)15-7-3-4-8-17(15)27)24(32)29-26-22(16-11-12-31(2)13-20(16)35-26)25-28-18-9-5-6-10-19(18)34-25/h3-10H,11-13H2,1-2H3,(H,29,32). The van der Waals surface area contributed by atoms with Crippen LogP contribution in [-0.2, 0) is 13.0 Å². The van der Waals surface area contributed by atoms with Gasteiger partial charge in [0, 0.05) is 29.1 Å². The minimum atomic E-state index is -0.270. The summed E-state index contributed by atoms with van der Waals surface area (Å²) in [6, 6.07) is 15.4. The van der Waals surface area contributed by atoms with Crippen LogP contribution in [0.25, 0.3) is 32.0 Å². The molecule has 9 heteroatoms. The zero-order valence-electron chi connectivity index (χ0n) is 19.1. The summed E-state index contributed by atoms with van der Waals surface area (Å²) in [6.07, 6.45) is 0.917. The van der Waals surface area contributed by atoms with Gasteiger partial charge in [-0.3, -0.25) is 4.79 Å². The highest BCUT2D eigenvalue weighted by atomic mass is 35.5. The van der Waals surface area contributed by atoms with Crippen molar-refractivity contribution in [3.8, 4) is 21.8 Å². The molecular formula is C26H21ClN4O2S2. The predicted molar refractivity (Wildman–Crippen MR) is 143 cm³/mol. The van der Waals surface area contributed by atoms with E-state index in [4.69, 9.17) is 21.1 Å². The Hall–Kier alpha value is -3.04. The van der Waals surface area contributed by atoms with Gasteiger partial charge in [-0.2, -0.15) is 0 Å². The number of hydrogen-bond acceptors (Lipinski definition) is 7. The Bertz CT molecular complexity index is 1550. The van der Waals surface area contributed by atoms with E-state index in [9.17, 15) is 4.79 Å². The van der Waals surface area contributed by atoms with Crippen molar-refractivity contribution >= 4 is 55.4 Å². The lowest BCUT2D eigenvalue weighted by atomic mass is 10.0. The number of carbonyl (C=O) groups is 1. The van der Waals surface area contributed by atoms with E-state index >= 15 is 0 Å².